The van der Waals surface area contributed by atoms with Crippen LogP contribution in [0.25, 0.3) is 0 Å². The summed E-state index contributed by atoms with van der Waals surface area (Å²) in [5, 5.41) is 10.1. The molecule has 1 aliphatic rings. The van der Waals surface area contributed by atoms with Crippen molar-refractivity contribution in [1.82, 2.24) is 9.88 Å². The highest BCUT2D eigenvalue weighted by atomic mass is 32.1. The van der Waals surface area contributed by atoms with E-state index in [2.05, 4.69) is 9.88 Å². The SMILES string of the molecule is NCC(O)CN1CCc2sc(N)nc2C1. The normalized spacial score (nSPS) is 18.8. The average molecular weight is 228 g/mol. The van der Waals surface area contributed by atoms with Gasteiger partial charge in [-0.2, -0.15) is 0 Å². The number of nitrogen functional groups attached to an aromatic ring is 1. The van der Waals surface area contributed by atoms with Crippen molar-refractivity contribution in [1.29, 1.82) is 0 Å². The Labute approximate surface area is 92.7 Å². The van der Waals surface area contributed by atoms with Gasteiger partial charge in [0, 0.05) is 31.1 Å². The molecule has 1 aromatic rings. The van der Waals surface area contributed by atoms with Crippen molar-refractivity contribution in [2.75, 3.05) is 25.4 Å². The predicted octanol–water partition coefficient (Wildman–Crippen LogP) is -0.597. The molecule has 1 unspecified atom stereocenters. The second-order valence-electron chi connectivity index (χ2n) is 3.80. The van der Waals surface area contributed by atoms with Gasteiger partial charge >= 0.3 is 0 Å². The maximum Gasteiger partial charge on any atom is 0.180 e. The van der Waals surface area contributed by atoms with E-state index in [4.69, 9.17) is 11.5 Å². The van der Waals surface area contributed by atoms with E-state index in [1.807, 2.05) is 0 Å². The topological polar surface area (TPSA) is 88.4 Å². The second-order valence-corrected chi connectivity index (χ2v) is 4.91. The molecule has 0 fully saturated rings. The Hall–Kier alpha value is -0.690. The first-order valence-electron chi connectivity index (χ1n) is 5.03. The molecule has 2 heterocycles. The number of rotatable bonds is 3. The zero-order chi connectivity index (χ0) is 10.8. The van der Waals surface area contributed by atoms with Crippen LogP contribution in [0.15, 0.2) is 0 Å². The van der Waals surface area contributed by atoms with Crippen molar-refractivity contribution in [2.45, 2.75) is 19.1 Å². The molecule has 0 spiro atoms. The van der Waals surface area contributed by atoms with Crippen LogP contribution in [-0.2, 0) is 13.0 Å². The summed E-state index contributed by atoms with van der Waals surface area (Å²) in [6.45, 7) is 2.65. The van der Waals surface area contributed by atoms with Crippen molar-refractivity contribution in [2.24, 2.45) is 5.73 Å². The van der Waals surface area contributed by atoms with E-state index in [-0.39, 0.29) is 0 Å². The highest BCUT2D eigenvalue weighted by molar-refractivity contribution is 7.15. The Morgan fingerprint density at radius 2 is 2.40 bits per heavy atom. The molecule has 1 aromatic heterocycles. The van der Waals surface area contributed by atoms with Crippen LogP contribution in [-0.4, -0.2) is 40.7 Å². The number of nitrogens with two attached hydrogens (primary N) is 2. The molecule has 6 heteroatoms. The Bertz CT molecular complexity index is 341. The number of aliphatic hydroxyl groups is 1. The van der Waals surface area contributed by atoms with Gasteiger partial charge in [0.15, 0.2) is 5.13 Å². The minimum atomic E-state index is -0.442. The van der Waals surface area contributed by atoms with Crippen LogP contribution in [0.4, 0.5) is 5.13 Å². The van der Waals surface area contributed by atoms with Crippen LogP contribution in [0.5, 0.6) is 0 Å². The largest absolute Gasteiger partial charge is 0.390 e. The molecule has 2 rings (SSSR count). The van der Waals surface area contributed by atoms with Crippen molar-refractivity contribution >= 4 is 16.5 Å². The standard InChI is InChI=1S/C9H16N4OS/c10-3-6(14)4-13-2-1-8-7(5-13)12-9(11)15-8/h6,14H,1-5,10H2,(H2,11,12). The van der Waals surface area contributed by atoms with Crippen molar-refractivity contribution in [3.05, 3.63) is 10.6 Å². The van der Waals surface area contributed by atoms with Gasteiger partial charge in [0.25, 0.3) is 0 Å². The fourth-order valence-electron chi connectivity index (χ4n) is 1.80. The predicted molar refractivity (Wildman–Crippen MR) is 60.6 cm³/mol. The second kappa shape index (κ2) is 4.44. The molecule has 0 aromatic carbocycles. The van der Waals surface area contributed by atoms with E-state index in [1.165, 1.54) is 4.88 Å². The molecule has 0 radical (unpaired) electrons. The minimum absolute atomic E-state index is 0.308. The number of aromatic nitrogens is 1. The van der Waals surface area contributed by atoms with Crippen LogP contribution >= 0.6 is 11.3 Å². The number of thiazole rings is 1. The summed E-state index contributed by atoms with van der Waals surface area (Å²) in [5.74, 6) is 0. The van der Waals surface area contributed by atoms with Gasteiger partial charge in [0.05, 0.1) is 11.8 Å². The molecular formula is C9H16N4OS. The van der Waals surface area contributed by atoms with Crippen molar-refractivity contribution in [3.8, 4) is 0 Å². The highest BCUT2D eigenvalue weighted by Gasteiger charge is 2.21. The maximum atomic E-state index is 9.45. The van der Waals surface area contributed by atoms with Crippen LogP contribution in [0.1, 0.15) is 10.6 Å². The third-order valence-corrected chi connectivity index (χ3v) is 3.55. The van der Waals surface area contributed by atoms with Gasteiger partial charge in [0.1, 0.15) is 0 Å². The summed E-state index contributed by atoms with van der Waals surface area (Å²) < 4.78 is 0. The fraction of sp³-hybridized carbons (Fsp3) is 0.667. The first kappa shape index (κ1) is 10.8. The molecule has 1 atom stereocenters. The number of fused-ring (bicyclic) bond motifs is 1. The number of aliphatic hydroxyl groups excluding tert-OH is 1. The Balaban J connectivity index is 1.99. The number of hydrogen-bond donors (Lipinski definition) is 3. The molecule has 5 nitrogen and oxygen atoms in total. The van der Waals surface area contributed by atoms with Gasteiger partial charge in [-0.3, -0.25) is 4.90 Å². The summed E-state index contributed by atoms with van der Waals surface area (Å²) in [5.41, 5.74) is 12.1. The van der Waals surface area contributed by atoms with E-state index in [0.29, 0.717) is 18.2 Å². The third kappa shape index (κ3) is 2.46. The van der Waals surface area contributed by atoms with Gasteiger partial charge in [0.2, 0.25) is 0 Å². The van der Waals surface area contributed by atoms with E-state index in [0.717, 1.165) is 25.2 Å². The maximum absolute atomic E-state index is 9.45. The zero-order valence-corrected chi connectivity index (χ0v) is 9.33. The zero-order valence-electron chi connectivity index (χ0n) is 8.52. The number of nitrogens with zero attached hydrogens (tertiary/aromatic N) is 2. The quantitative estimate of drug-likeness (QED) is 0.643. The summed E-state index contributed by atoms with van der Waals surface area (Å²) in [6.07, 6.45) is 0.532. The smallest absolute Gasteiger partial charge is 0.180 e. The van der Waals surface area contributed by atoms with Crippen LogP contribution in [0.3, 0.4) is 0 Å². The lowest BCUT2D eigenvalue weighted by atomic mass is 10.1. The first-order valence-corrected chi connectivity index (χ1v) is 5.85. The van der Waals surface area contributed by atoms with Crippen molar-refractivity contribution in [3.63, 3.8) is 0 Å². The van der Waals surface area contributed by atoms with Crippen LogP contribution < -0.4 is 11.5 Å². The van der Waals surface area contributed by atoms with Crippen molar-refractivity contribution < 1.29 is 5.11 Å². The third-order valence-electron chi connectivity index (χ3n) is 2.56. The molecule has 0 saturated heterocycles. The number of anilines is 1. The van der Waals surface area contributed by atoms with E-state index in [1.54, 1.807) is 11.3 Å². The molecule has 5 N–H and O–H groups in total. The van der Waals surface area contributed by atoms with Gasteiger partial charge in [-0.15, -0.1) is 11.3 Å². The van der Waals surface area contributed by atoms with E-state index < -0.39 is 6.10 Å². The summed E-state index contributed by atoms with van der Waals surface area (Å²) in [6, 6.07) is 0. The summed E-state index contributed by atoms with van der Waals surface area (Å²) >= 11 is 1.57. The number of hydrogen-bond acceptors (Lipinski definition) is 6. The lowest BCUT2D eigenvalue weighted by Gasteiger charge is -2.27. The van der Waals surface area contributed by atoms with E-state index in [9.17, 15) is 5.11 Å². The number of β-amino-alcohol motifs (C(OH)–C–C–N with tert-alkyl or cyclic N) is 1. The highest BCUT2D eigenvalue weighted by Crippen LogP contribution is 2.25. The monoisotopic (exact) mass is 228 g/mol. The molecule has 0 bridgehead atoms. The summed E-state index contributed by atoms with van der Waals surface area (Å²) in [7, 11) is 0. The Kier molecular flexibility index (Phi) is 3.20. The van der Waals surface area contributed by atoms with Gasteiger partial charge in [-0.1, -0.05) is 0 Å². The van der Waals surface area contributed by atoms with E-state index >= 15 is 0 Å². The minimum Gasteiger partial charge on any atom is -0.390 e. The lowest BCUT2D eigenvalue weighted by molar-refractivity contribution is 0.111. The van der Waals surface area contributed by atoms with Gasteiger partial charge in [-0.25, -0.2) is 4.98 Å². The van der Waals surface area contributed by atoms with Gasteiger partial charge < -0.3 is 16.6 Å². The summed E-state index contributed by atoms with van der Waals surface area (Å²) in [4.78, 5) is 7.73. The molecule has 1 aliphatic heterocycles. The Morgan fingerprint density at radius 3 is 3.13 bits per heavy atom. The molecule has 84 valence electrons. The molecule has 0 saturated carbocycles. The molecular weight excluding hydrogens is 212 g/mol. The molecule has 0 amide bonds. The lowest BCUT2D eigenvalue weighted by Crippen LogP contribution is -2.39. The average Bonchev–Trinajstić information content (AvgIpc) is 2.57. The molecule has 0 aliphatic carbocycles. The first-order chi connectivity index (χ1) is 7.19. The fourth-order valence-corrected chi connectivity index (χ4v) is 2.63. The van der Waals surface area contributed by atoms with Crippen LogP contribution in [0, 0.1) is 0 Å². The van der Waals surface area contributed by atoms with Crippen LogP contribution in [0.2, 0.25) is 0 Å². The molecule has 15 heavy (non-hydrogen) atoms. The van der Waals surface area contributed by atoms with Gasteiger partial charge in [-0.05, 0) is 6.42 Å². The Morgan fingerprint density at radius 1 is 1.60 bits per heavy atom.